The maximum absolute atomic E-state index is 3.43. The third-order valence-electron chi connectivity index (χ3n) is 3.74. The summed E-state index contributed by atoms with van der Waals surface area (Å²) in [6.07, 6.45) is 4.24. The lowest BCUT2D eigenvalue weighted by molar-refractivity contribution is 0.591. The molecule has 2 aromatic rings. The Morgan fingerprint density at radius 2 is 1.55 bits per heavy atom. The van der Waals surface area contributed by atoms with E-state index >= 15 is 0 Å². The molecule has 0 heterocycles. The number of hydrogen-bond donors (Lipinski definition) is 1. The topological polar surface area (TPSA) is 12.0 Å². The molecule has 0 bridgehead atoms. The van der Waals surface area contributed by atoms with Crippen molar-refractivity contribution in [2.75, 3.05) is 13.3 Å². The van der Waals surface area contributed by atoms with Crippen molar-refractivity contribution in [3.8, 4) is 0 Å². The van der Waals surface area contributed by atoms with Gasteiger partial charge in [-0.3, -0.25) is 0 Å². The molecule has 0 fully saturated rings. The summed E-state index contributed by atoms with van der Waals surface area (Å²) in [6, 6.07) is 18.2. The van der Waals surface area contributed by atoms with Crippen LogP contribution in [0, 0.1) is 0 Å². The van der Waals surface area contributed by atoms with Gasteiger partial charge in [-0.1, -0.05) is 43.3 Å². The molecule has 0 aliphatic heterocycles. The Labute approximate surface area is 126 Å². The van der Waals surface area contributed by atoms with Crippen LogP contribution in [0.15, 0.2) is 53.4 Å². The van der Waals surface area contributed by atoms with E-state index in [1.807, 2.05) is 7.05 Å². The van der Waals surface area contributed by atoms with Crippen molar-refractivity contribution in [1.29, 1.82) is 0 Å². The summed E-state index contributed by atoms with van der Waals surface area (Å²) in [7, 11) is 2.04. The molecule has 2 rings (SSSR count). The van der Waals surface area contributed by atoms with Gasteiger partial charge in [-0.2, -0.15) is 0 Å². The van der Waals surface area contributed by atoms with Crippen LogP contribution in [0.2, 0.25) is 0 Å². The highest BCUT2D eigenvalue weighted by Crippen LogP contribution is 2.22. The number of benzene rings is 2. The van der Waals surface area contributed by atoms with Gasteiger partial charge in [0.1, 0.15) is 0 Å². The van der Waals surface area contributed by atoms with Crippen molar-refractivity contribution < 1.29 is 0 Å². The molecule has 0 aromatic heterocycles. The normalized spacial score (nSPS) is 12.3. The average Bonchev–Trinajstić information content (AvgIpc) is 2.53. The van der Waals surface area contributed by atoms with Gasteiger partial charge in [-0.25, -0.2) is 0 Å². The van der Waals surface area contributed by atoms with Crippen LogP contribution < -0.4 is 5.32 Å². The van der Waals surface area contributed by atoms with Crippen LogP contribution in [0.3, 0.4) is 0 Å². The van der Waals surface area contributed by atoms with E-state index in [1.165, 1.54) is 21.6 Å². The van der Waals surface area contributed by atoms with E-state index in [4.69, 9.17) is 0 Å². The molecule has 0 aliphatic rings. The Hall–Kier alpha value is -1.25. The molecule has 0 saturated heterocycles. The average molecular weight is 285 g/mol. The van der Waals surface area contributed by atoms with Crippen molar-refractivity contribution in [2.45, 2.75) is 30.7 Å². The van der Waals surface area contributed by atoms with Gasteiger partial charge >= 0.3 is 0 Å². The van der Waals surface area contributed by atoms with Gasteiger partial charge in [0.15, 0.2) is 0 Å². The Morgan fingerprint density at radius 1 is 0.950 bits per heavy atom. The number of thioether (sulfide) groups is 1. The molecule has 0 saturated carbocycles. The zero-order valence-electron chi connectivity index (χ0n) is 12.5. The number of nitrogens with one attached hydrogen (secondary N) is 1. The van der Waals surface area contributed by atoms with Crippen LogP contribution >= 0.6 is 11.8 Å². The first kappa shape index (κ1) is 15.1. The van der Waals surface area contributed by atoms with Crippen molar-refractivity contribution in [1.82, 2.24) is 5.32 Å². The lowest BCUT2D eigenvalue weighted by atomic mass is 9.98. The van der Waals surface area contributed by atoms with Crippen LogP contribution in [0.5, 0.6) is 0 Å². The Morgan fingerprint density at radius 3 is 2.05 bits per heavy atom. The van der Waals surface area contributed by atoms with E-state index in [1.54, 1.807) is 11.8 Å². The summed E-state index contributed by atoms with van der Waals surface area (Å²) >= 11 is 1.78. The Balaban J connectivity index is 2.10. The van der Waals surface area contributed by atoms with Gasteiger partial charge in [-0.05, 0) is 55.0 Å². The highest BCUT2D eigenvalue weighted by atomic mass is 32.2. The molecule has 2 heteroatoms. The van der Waals surface area contributed by atoms with Gasteiger partial charge in [-0.15, -0.1) is 11.8 Å². The quantitative estimate of drug-likeness (QED) is 0.786. The standard InChI is InChI=1S/C18H23NS/c1-4-14-5-7-15(8-6-14)13-18(19-2)16-9-11-17(20-3)12-10-16/h5-12,18-19H,4,13H2,1-3H3. The van der Waals surface area contributed by atoms with E-state index in [-0.39, 0.29) is 0 Å². The smallest absolute Gasteiger partial charge is 0.0358 e. The molecule has 1 unspecified atom stereocenters. The van der Waals surface area contributed by atoms with Crippen LogP contribution in [0.25, 0.3) is 0 Å². The fraction of sp³-hybridized carbons (Fsp3) is 0.333. The van der Waals surface area contributed by atoms with Crippen LogP contribution in [0.1, 0.15) is 29.7 Å². The predicted octanol–water partition coefficient (Wildman–Crippen LogP) is 4.47. The van der Waals surface area contributed by atoms with Gasteiger partial charge in [0.2, 0.25) is 0 Å². The van der Waals surface area contributed by atoms with Crippen LogP contribution in [0.4, 0.5) is 0 Å². The SMILES string of the molecule is CCc1ccc(CC(NC)c2ccc(SC)cc2)cc1. The van der Waals surface area contributed by atoms with E-state index in [2.05, 4.69) is 67.0 Å². The molecule has 2 aromatic carbocycles. The van der Waals surface area contributed by atoms with Gasteiger partial charge in [0.05, 0.1) is 0 Å². The van der Waals surface area contributed by atoms with E-state index in [0.717, 1.165) is 12.8 Å². The summed E-state index contributed by atoms with van der Waals surface area (Å²) < 4.78 is 0. The third-order valence-corrected chi connectivity index (χ3v) is 4.48. The number of aryl methyl sites for hydroxylation is 1. The Kier molecular flexibility index (Phi) is 5.69. The zero-order chi connectivity index (χ0) is 14.4. The second-order valence-corrected chi connectivity index (χ2v) is 5.87. The molecule has 0 aliphatic carbocycles. The first-order chi connectivity index (χ1) is 9.76. The lowest BCUT2D eigenvalue weighted by Crippen LogP contribution is -2.18. The summed E-state index contributed by atoms with van der Waals surface area (Å²) in [4.78, 5) is 1.32. The maximum Gasteiger partial charge on any atom is 0.0358 e. The van der Waals surface area contributed by atoms with E-state index < -0.39 is 0 Å². The summed E-state index contributed by atoms with van der Waals surface area (Å²) in [6.45, 7) is 2.19. The lowest BCUT2D eigenvalue weighted by Gasteiger charge is -2.17. The minimum absolute atomic E-state index is 0.374. The van der Waals surface area contributed by atoms with Gasteiger partial charge in [0.25, 0.3) is 0 Å². The summed E-state index contributed by atoms with van der Waals surface area (Å²) in [5, 5.41) is 3.43. The van der Waals surface area contributed by atoms with Crippen molar-refractivity contribution in [2.24, 2.45) is 0 Å². The van der Waals surface area contributed by atoms with Crippen molar-refractivity contribution >= 4 is 11.8 Å². The summed E-state index contributed by atoms with van der Waals surface area (Å²) in [5.41, 5.74) is 4.14. The van der Waals surface area contributed by atoms with Crippen molar-refractivity contribution in [3.63, 3.8) is 0 Å². The number of hydrogen-bond acceptors (Lipinski definition) is 2. The molecular weight excluding hydrogens is 262 g/mol. The van der Waals surface area contributed by atoms with Crippen LogP contribution in [-0.4, -0.2) is 13.3 Å². The molecule has 0 spiro atoms. The first-order valence-electron chi connectivity index (χ1n) is 7.15. The molecule has 1 nitrogen and oxygen atoms in total. The van der Waals surface area contributed by atoms with E-state index in [9.17, 15) is 0 Å². The van der Waals surface area contributed by atoms with E-state index in [0.29, 0.717) is 6.04 Å². The molecule has 0 radical (unpaired) electrons. The van der Waals surface area contributed by atoms with Crippen LogP contribution in [-0.2, 0) is 12.8 Å². The highest BCUT2D eigenvalue weighted by molar-refractivity contribution is 7.98. The second-order valence-electron chi connectivity index (χ2n) is 4.99. The zero-order valence-corrected chi connectivity index (χ0v) is 13.3. The molecule has 1 N–H and O–H groups in total. The first-order valence-corrected chi connectivity index (χ1v) is 8.38. The highest BCUT2D eigenvalue weighted by Gasteiger charge is 2.10. The largest absolute Gasteiger partial charge is 0.313 e. The Bertz CT molecular complexity index is 516. The molecule has 0 amide bonds. The molecule has 20 heavy (non-hydrogen) atoms. The maximum atomic E-state index is 3.43. The number of rotatable bonds is 6. The second kappa shape index (κ2) is 7.51. The fourth-order valence-electron chi connectivity index (χ4n) is 2.37. The summed E-state index contributed by atoms with van der Waals surface area (Å²) in [5.74, 6) is 0. The molecular formula is C18H23NS. The molecule has 1 atom stereocenters. The predicted molar refractivity (Wildman–Crippen MR) is 89.5 cm³/mol. The third kappa shape index (κ3) is 3.87. The minimum atomic E-state index is 0.374. The van der Waals surface area contributed by atoms with Gasteiger partial charge in [0, 0.05) is 10.9 Å². The molecule has 106 valence electrons. The monoisotopic (exact) mass is 285 g/mol. The fourth-order valence-corrected chi connectivity index (χ4v) is 2.78. The van der Waals surface area contributed by atoms with Gasteiger partial charge < -0.3 is 5.32 Å². The minimum Gasteiger partial charge on any atom is -0.313 e. The van der Waals surface area contributed by atoms with Crippen molar-refractivity contribution in [3.05, 3.63) is 65.2 Å². The number of likely N-dealkylation sites (N-methyl/N-ethyl adjacent to an activating group) is 1.